The maximum atomic E-state index is 2.41. The van der Waals surface area contributed by atoms with Crippen molar-refractivity contribution >= 4 is 56.8 Å². The van der Waals surface area contributed by atoms with E-state index in [1.807, 2.05) is 34.9 Å². The number of aryl methyl sites for hydroxylation is 1. The van der Waals surface area contributed by atoms with Gasteiger partial charge in [0, 0.05) is 28.5 Å². The van der Waals surface area contributed by atoms with Crippen LogP contribution in [0.25, 0.3) is 16.3 Å². The first-order valence-corrected chi connectivity index (χ1v) is 12.0. The Morgan fingerprint density at radius 3 is 2.67 bits per heavy atom. The fourth-order valence-corrected chi connectivity index (χ4v) is 6.34. The van der Waals surface area contributed by atoms with Gasteiger partial charge in [-0.1, -0.05) is 47.4 Å². The number of hydrogen-bond acceptors (Lipinski definition) is 4. The number of fused-ring (bicyclic) bond motifs is 2. The number of benzene rings is 2. The van der Waals surface area contributed by atoms with Gasteiger partial charge in [0.05, 0.1) is 10.7 Å². The third-order valence-corrected chi connectivity index (χ3v) is 7.60. The van der Waals surface area contributed by atoms with E-state index in [1.165, 1.54) is 35.7 Å². The molecule has 2 nitrogen and oxygen atoms in total. The number of aromatic nitrogens is 1. The summed E-state index contributed by atoms with van der Waals surface area (Å²) in [6, 6.07) is 17.3. The number of anilines is 1. The average molecular weight is 412 g/mol. The molecule has 0 saturated carbocycles. The molecule has 1 aliphatic heterocycles. The predicted molar refractivity (Wildman–Crippen MR) is 123 cm³/mol. The van der Waals surface area contributed by atoms with Crippen molar-refractivity contribution in [3.05, 3.63) is 69.5 Å². The molecule has 0 bridgehead atoms. The van der Waals surface area contributed by atoms with Crippen LogP contribution in [-0.4, -0.2) is 12.8 Å². The van der Waals surface area contributed by atoms with Gasteiger partial charge in [-0.2, -0.15) is 4.57 Å². The molecule has 0 aliphatic carbocycles. The molecule has 3 aromatic rings. The third-order valence-electron chi connectivity index (χ3n) is 4.67. The Morgan fingerprint density at radius 2 is 1.89 bits per heavy atom. The zero-order chi connectivity index (χ0) is 18.8. The van der Waals surface area contributed by atoms with E-state index in [0.29, 0.717) is 0 Å². The first-order chi connectivity index (χ1) is 13.2. The minimum Gasteiger partial charge on any atom is -0.335 e. The van der Waals surface area contributed by atoms with Crippen LogP contribution in [0.3, 0.4) is 0 Å². The van der Waals surface area contributed by atoms with Crippen LogP contribution in [0.2, 0.25) is 0 Å². The highest BCUT2D eigenvalue weighted by Crippen LogP contribution is 2.46. The van der Waals surface area contributed by atoms with Gasteiger partial charge in [0.1, 0.15) is 11.2 Å². The monoisotopic (exact) mass is 411 g/mol. The first kappa shape index (κ1) is 18.7. The summed E-state index contributed by atoms with van der Waals surface area (Å²) in [4.78, 5) is 5.04. The summed E-state index contributed by atoms with van der Waals surface area (Å²) in [5.41, 5.74) is 2.64. The second kappa shape index (κ2) is 8.13. The highest BCUT2D eigenvalue weighted by molar-refractivity contribution is 8.04. The summed E-state index contributed by atoms with van der Waals surface area (Å²) < 4.78 is 3.75. The minimum atomic E-state index is 0.982. The van der Waals surface area contributed by atoms with Crippen molar-refractivity contribution in [3.63, 3.8) is 0 Å². The summed E-state index contributed by atoms with van der Waals surface area (Å²) in [5.74, 6) is 0. The lowest BCUT2D eigenvalue weighted by atomic mass is 10.3. The van der Waals surface area contributed by atoms with Gasteiger partial charge in [-0.25, -0.2) is 0 Å². The molecule has 5 heteroatoms. The molecule has 1 aromatic heterocycles. The van der Waals surface area contributed by atoms with Crippen LogP contribution in [0, 0.1) is 0 Å². The predicted octanol–water partition coefficient (Wildman–Crippen LogP) is 6.39. The van der Waals surface area contributed by atoms with Crippen LogP contribution in [0.1, 0.15) is 18.9 Å². The lowest BCUT2D eigenvalue weighted by Crippen LogP contribution is -2.33. The van der Waals surface area contributed by atoms with Crippen LogP contribution in [-0.2, 0) is 6.54 Å². The van der Waals surface area contributed by atoms with Crippen molar-refractivity contribution in [2.75, 3.05) is 17.7 Å². The molecular weight excluding hydrogens is 388 g/mol. The minimum absolute atomic E-state index is 0.982. The Kier molecular flexibility index (Phi) is 5.62. The zero-order valence-electron chi connectivity index (χ0n) is 15.8. The van der Waals surface area contributed by atoms with E-state index < -0.39 is 0 Å². The third kappa shape index (κ3) is 3.56. The first-order valence-electron chi connectivity index (χ1n) is 9.18. The summed E-state index contributed by atoms with van der Waals surface area (Å²) in [7, 11) is 0. The van der Waals surface area contributed by atoms with Crippen LogP contribution in [0.5, 0.6) is 0 Å². The molecule has 0 amide bonds. The summed E-state index contributed by atoms with van der Waals surface area (Å²) in [6.07, 6.45) is 6.84. The van der Waals surface area contributed by atoms with Crippen LogP contribution in [0.4, 0.5) is 5.69 Å². The van der Waals surface area contributed by atoms with E-state index in [0.717, 1.165) is 13.1 Å². The molecule has 4 rings (SSSR count). The lowest BCUT2D eigenvalue weighted by Gasteiger charge is -2.18. The Morgan fingerprint density at radius 1 is 1.11 bits per heavy atom. The molecule has 2 heterocycles. The molecule has 27 heavy (non-hydrogen) atoms. The normalized spacial score (nSPS) is 15.7. The number of hydrogen-bond donors (Lipinski definition) is 0. The van der Waals surface area contributed by atoms with Crippen LogP contribution in [0.15, 0.2) is 69.4 Å². The van der Waals surface area contributed by atoms with Gasteiger partial charge in [-0.3, -0.25) is 0 Å². The smallest absolute Gasteiger partial charge is 0.263 e. The number of para-hydroxylation sites is 2. The fourth-order valence-electron chi connectivity index (χ4n) is 3.38. The van der Waals surface area contributed by atoms with Gasteiger partial charge in [-0.15, -0.1) is 11.8 Å². The fraction of sp³-hybridized carbons (Fsp3) is 0.227. The largest absolute Gasteiger partial charge is 0.335 e. The van der Waals surface area contributed by atoms with Gasteiger partial charge in [-0.05, 0) is 44.4 Å². The molecule has 0 atom stereocenters. The van der Waals surface area contributed by atoms with Gasteiger partial charge in [0.2, 0.25) is 5.52 Å². The van der Waals surface area contributed by atoms with Crippen molar-refractivity contribution in [2.45, 2.75) is 25.3 Å². The molecule has 2 aromatic carbocycles. The molecular formula is C22H23N2S3+. The highest BCUT2D eigenvalue weighted by atomic mass is 32.2. The molecule has 0 radical (unpaired) electrons. The van der Waals surface area contributed by atoms with Gasteiger partial charge in [0.25, 0.3) is 5.01 Å². The molecule has 0 N–H and O–H groups in total. The SMILES string of the molecule is CCN1C(=CC(=Cc2sc3ccccc3[n+]2CC)SC)Sc2ccccc21. The van der Waals surface area contributed by atoms with Crippen molar-refractivity contribution in [2.24, 2.45) is 0 Å². The molecule has 1 aliphatic rings. The van der Waals surface area contributed by atoms with Crippen LogP contribution >= 0.6 is 34.9 Å². The lowest BCUT2D eigenvalue weighted by molar-refractivity contribution is -0.665. The van der Waals surface area contributed by atoms with E-state index in [4.69, 9.17) is 0 Å². The Bertz CT molecular complexity index is 1030. The van der Waals surface area contributed by atoms with Crippen molar-refractivity contribution in [1.29, 1.82) is 0 Å². The van der Waals surface area contributed by atoms with Crippen molar-refractivity contribution < 1.29 is 4.57 Å². The molecule has 0 spiro atoms. The summed E-state index contributed by atoms with van der Waals surface area (Å²) in [5, 5.41) is 2.62. The van der Waals surface area contributed by atoms with E-state index in [2.05, 4.69) is 90.3 Å². The van der Waals surface area contributed by atoms with E-state index in [1.54, 1.807) is 0 Å². The molecule has 0 unspecified atom stereocenters. The molecule has 0 saturated heterocycles. The van der Waals surface area contributed by atoms with Gasteiger partial charge < -0.3 is 4.90 Å². The van der Waals surface area contributed by atoms with Gasteiger partial charge in [0.15, 0.2) is 0 Å². The van der Waals surface area contributed by atoms with E-state index >= 15 is 0 Å². The number of allylic oxidation sites excluding steroid dienone is 1. The second-order valence-electron chi connectivity index (χ2n) is 6.20. The number of thiazole rings is 1. The Hall–Kier alpha value is -1.69. The van der Waals surface area contributed by atoms with Crippen molar-refractivity contribution in [1.82, 2.24) is 0 Å². The summed E-state index contributed by atoms with van der Waals surface area (Å²) in [6.45, 7) is 6.40. The molecule has 138 valence electrons. The standard InChI is InChI=1S/C22H23N2S3/c1-4-23-17-10-6-8-12-19(17)26-21(23)14-16(25-3)15-22-24(5-2)18-11-7-9-13-20(18)27-22/h6-15H,4-5H2,1-3H3/q+1. The van der Waals surface area contributed by atoms with E-state index in [9.17, 15) is 0 Å². The maximum Gasteiger partial charge on any atom is 0.263 e. The molecule has 0 fully saturated rings. The number of thioether (sulfide) groups is 2. The quantitative estimate of drug-likeness (QED) is 0.450. The topological polar surface area (TPSA) is 7.12 Å². The zero-order valence-corrected chi connectivity index (χ0v) is 18.3. The second-order valence-corrected chi connectivity index (χ2v) is 9.20. The maximum absolute atomic E-state index is 2.41. The van der Waals surface area contributed by atoms with Crippen molar-refractivity contribution in [3.8, 4) is 0 Å². The number of nitrogens with zero attached hydrogens (tertiary/aromatic N) is 2. The number of rotatable bonds is 5. The highest BCUT2D eigenvalue weighted by Gasteiger charge is 2.24. The van der Waals surface area contributed by atoms with Gasteiger partial charge >= 0.3 is 0 Å². The Labute approximate surface area is 173 Å². The van der Waals surface area contributed by atoms with Crippen LogP contribution < -0.4 is 9.47 Å². The Balaban J connectivity index is 1.74. The van der Waals surface area contributed by atoms with E-state index in [-0.39, 0.29) is 0 Å². The summed E-state index contributed by atoms with van der Waals surface area (Å²) >= 11 is 5.55. The average Bonchev–Trinajstić information content (AvgIpc) is 3.23.